The van der Waals surface area contributed by atoms with Crippen LogP contribution in [-0.4, -0.2) is 48.1 Å². The Bertz CT molecular complexity index is 230. The minimum atomic E-state index is 0.407. The molecule has 2 nitrogen and oxygen atoms in total. The second-order valence-electron chi connectivity index (χ2n) is 5.60. The lowest BCUT2D eigenvalue weighted by molar-refractivity contribution is 0.0788. The van der Waals surface area contributed by atoms with Crippen LogP contribution in [0, 0.1) is 5.92 Å². The lowest BCUT2D eigenvalue weighted by Crippen LogP contribution is -2.64. The maximum atomic E-state index is 3.82. The van der Waals surface area contributed by atoms with Crippen LogP contribution in [0.2, 0.25) is 0 Å². The summed E-state index contributed by atoms with van der Waals surface area (Å²) in [4.78, 5) is 2.73. The minimum Gasteiger partial charge on any atom is -0.308 e. The molecule has 1 heterocycles. The van der Waals surface area contributed by atoms with Crippen molar-refractivity contribution in [1.29, 1.82) is 0 Å². The van der Waals surface area contributed by atoms with E-state index < -0.39 is 0 Å². The second-order valence-corrected chi connectivity index (χ2v) is 6.58. The van der Waals surface area contributed by atoms with Gasteiger partial charge in [0.15, 0.2) is 0 Å². The molecule has 0 aromatic heterocycles. The minimum absolute atomic E-state index is 0.407. The third-order valence-corrected chi connectivity index (χ3v) is 4.91. The summed E-state index contributed by atoms with van der Waals surface area (Å²) < 4.78 is 0. The number of nitrogens with one attached hydrogen (secondary N) is 1. The van der Waals surface area contributed by atoms with Crippen LogP contribution in [0.25, 0.3) is 0 Å². The van der Waals surface area contributed by atoms with Gasteiger partial charge < -0.3 is 5.32 Å². The standard InChI is InChI=1S/C13H26N2S/c1-4-12-9-14-13(2,11-5-6-11)10-15(12)7-8-16-3/h11-12,14H,4-10H2,1-3H3. The van der Waals surface area contributed by atoms with Gasteiger partial charge in [-0.05, 0) is 38.4 Å². The molecule has 2 aliphatic rings. The Morgan fingerprint density at radius 3 is 2.75 bits per heavy atom. The normalized spacial score (nSPS) is 36.6. The Balaban J connectivity index is 1.93. The van der Waals surface area contributed by atoms with Gasteiger partial charge in [0.2, 0.25) is 0 Å². The number of hydrogen-bond donors (Lipinski definition) is 1. The van der Waals surface area contributed by atoms with Crippen LogP contribution in [0.1, 0.15) is 33.1 Å². The number of rotatable bonds is 5. The highest BCUT2D eigenvalue weighted by atomic mass is 32.2. The third kappa shape index (κ3) is 2.74. The molecule has 2 fully saturated rings. The van der Waals surface area contributed by atoms with Gasteiger partial charge in [0.25, 0.3) is 0 Å². The zero-order valence-corrected chi connectivity index (χ0v) is 11.8. The van der Waals surface area contributed by atoms with E-state index in [0.29, 0.717) is 5.54 Å². The predicted molar refractivity (Wildman–Crippen MR) is 73.2 cm³/mol. The Hall–Kier alpha value is 0.270. The van der Waals surface area contributed by atoms with E-state index in [0.717, 1.165) is 12.0 Å². The third-order valence-electron chi connectivity index (χ3n) is 4.32. The van der Waals surface area contributed by atoms with E-state index in [4.69, 9.17) is 0 Å². The van der Waals surface area contributed by atoms with Gasteiger partial charge in [0, 0.05) is 37.0 Å². The van der Waals surface area contributed by atoms with Crippen molar-refractivity contribution in [2.75, 3.05) is 31.6 Å². The van der Waals surface area contributed by atoms with Crippen molar-refractivity contribution in [1.82, 2.24) is 10.2 Å². The molecule has 0 radical (unpaired) electrons. The van der Waals surface area contributed by atoms with Crippen molar-refractivity contribution in [3.05, 3.63) is 0 Å². The van der Waals surface area contributed by atoms with Crippen LogP contribution in [0.5, 0.6) is 0 Å². The molecule has 0 spiro atoms. The Kier molecular flexibility index (Phi) is 4.20. The molecule has 1 N–H and O–H groups in total. The lowest BCUT2D eigenvalue weighted by Gasteiger charge is -2.46. The zero-order chi connectivity index (χ0) is 11.6. The molecule has 1 saturated carbocycles. The average Bonchev–Trinajstić information content (AvgIpc) is 3.10. The maximum Gasteiger partial charge on any atom is 0.0309 e. The van der Waals surface area contributed by atoms with Crippen LogP contribution in [-0.2, 0) is 0 Å². The van der Waals surface area contributed by atoms with Gasteiger partial charge in [-0.25, -0.2) is 0 Å². The SMILES string of the molecule is CCC1CNC(C)(C2CC2)CN1CCSC. The van der Waals surface area contributed by atoms with Crippen LogP contribution in [0.4, 0.5) is 0 Å². The summed E-state index contributed by atoms with van der Waals surface area (Å²) in [6, 6.07) is 0.763. The molecule has 2 rings (SSSR count). The second kappa shape index (κ2) is 5.28. The van der Waals surface area contributed by atoms with Gasteiger partial charge in [-0.3, -0.25) is 4.90 Å². The molecule has 2 unspecified atom stereocenters. The van der Waals surface area contributed by atoms with Gasteiger partial charge in [0.05, 0.1) is 0 Å². The van der Waals surface area contributed by atoms with Gasteiger partial charge in [-0.1, -0.05) is 6.92 Å². The van der Waals surface area contributed by atoms with Crippen LogP contribution in [0.15, 0.2) is 0 Å². The van der Waals surface area contributed by atoms with E-state index in [1.807, 2.05) is 11.8 Å². The summed E-state index contributed by atoms with van der Waals surface area (Å²) in [5.41, 5.74) is 0.407. The molecule has 2 atom stereocenters. The van der Waals surface area contributed by atoms with Gasteiger partial charge >= 0.3 is 0 Å². The molecule has 1 aliphatic carbocycles. The summed E-state index contributed by atoms with van der Waals surface area (Å²) in [6.45, 7) is 8.47. The van der Waals surface area contributed by atoms with Gasteiger partial charge in [-0.15, -0.1) is 0 Å². The molecular formula is C13H26N2S. The summed E-state index contributed by atoms with van der Waals surface area (Å²) in [5.74, 6) is 2.22. The van der Waals surface area contributed by atoms with Crippen molar-refractivity contribution < 1.29 is 0 Å². The quantitative estimate of drug-likeness (QED) is 0.796. The van der Waals surface area contributed by atoms with Crippen LogP contribution < -0.4 is 5.32 Å². The number of thioether (sulfide) groups is 1. The first-order valence-corrected chi connectivity index (χ1v) is 8.07. The fraction of sp³-hybridized carbons (Fsp3) is 1.00. The molecule has 1 aliphatic heterocycles. The molecular weight excluding hydrogens is 216 g/mol. The van der Waals surface area contributed by atoms with E-state index in [1.165, 1.54) is 44.6 Å². The summed E-state index contributed by atoms with van der Waals surface area (Å²) in [6.07, 6.45) is 6.37. The molecule has 3 heteroatoms. The highest BCUT2D eigenvalue weighted by Crippen LogP contribution is 2.41. The predicted octanol–water partition coefficient (Wildman–Crippen LogP) is 2.20. The fourth-order valence-corrected chi connectivity index (χ4v) is 3.37. The lowest BCUT2D eigenvalue weighted by atomic mass is 9.90. The summed E-state index contributed by atoms with van der Waals surface area (Å²) in [7, 11) is 0. The number of nitrogens with zero attached hydrogens (tertiary/aromatic N) is 1. The molecule has 0 amide bonds. The first kappa shape index (κ1) is 12.7. The number of hydrogen-bond acceptors (Lipinski definition) is 3. The smallest absolute Gasteiger partial charge is 0.0309 e. The van der Waals surface area contributed by atoms with Gasteiger partial charge in [0.1, 0.15) is 0 Å². The topological polar surface area (TPSA) is 15.3 Å². The van der Waals surface area contributed by atoms with E-state index in [1.54, 1.807) is 0 Å². The molecule has 16 heavy (non-hydrogen) atoms. The monoisotopic (exact) mass is 242 g/mol. The largest absolute Gasteiger partial charge is 0.308 e. The zero-order valence-electron chi connectivity index (χ0n) is 11.0. The first-order chi connectivity index (χ1) is 7.69. The van der Waals surface area contributed by atoms with Crippen LogP contribution in [0.3, 0.4) is 0 Å². The summed E-state index contributed by atoms with van der Waals surface area (Å²) >= 11 is 1.97. The summed E-state index contributed by atoms with van der Waals surface area (Å²) in [5, 5.41) is 3.82. The molecule has 0 aromatic carbocycles. The molecule has 94 valence electrons. The fourth-order valence-electron chi connectivity index (χ4n) is 2.95. The van der Waals surface area contributed by atoms with Crippen molar-refractivity contribution in [2.45, 2.75) is 44.7 Å². The van der Waals surface area contributed by atoms with Crippen molar-refractivity contribution in [3.63, 3.8) is 0 Å². The first-order valence-electron chi connectivity index (χ1n) is 6.67. The maximum absolute atomic E-state index is 3.82. The van der Waals surface area contributed by atoms with Crippen molar-refractivity contribution >= 4 is 11.8 Å². The molecule has 0 bridgehead atoms. The Morgan fingerprint density at radius 2 is 2.19 bits per heavy atom. The van der Waals surface area contributed by atoms with E-state index in [2.05, 4.69) is 30.3 Å². The molecule has 1 saturated heterocycles. The van der Waals surface area contributed by atoms with Gasteiger partial charge in [-0.2, -0.15) is 11.8 Å². The van der Waals surface area contributed by atoms with E-state index >= 15 is 0 Å². The Labute approximate surface area is 105 Å². The van der Waals surface area contributed by atoms with Crippen LogP contribution >= 0.6 is 11.8 Å². The van der Waals surface area contributed by atoms with Crippen molar-refractivity contribution in [2.24, 2.45) is 5.92 Å². The highest BCUT2D eigenvalue weighted by molar-refractivity contribution is 7.98. The highest BCUT2D eigenvalue weighted by Gasteiger charge is 2.45. The van der Waals surface area contributed by atoms with Crippen molar-refractivity contribution in [3.8, 4) is 0 Å². The average molecular weight is 242 g/mol. The Morgan fingerprint density at radius 1 is 1.44 bits per heavy atom. The molecule has 0 aromatic rings. The van der Waals surface area contributed by atoms with E-state index in [9.17, 15) is 0 Å². The number of piperazine rings is 1. The van der Waals surface area contributed by atoms with E-state index in [-0.39, 0.29) is 0 Å².